The molecular formula is C15H7ClF4N2OS. The zero-order chi connectivity index (χ0) is 17.5. The first kappa shape index (κ1) is 16.7. The fourth-order valence-corrected chi connectivity index (χ4v) is 3.04. The van der Waals surface area contributed by atoms with Crippen LogP contribution < -0.4 is 5.32 Å². The Kier molecular flexibility index (Phi) is 4.18. The molecule has 3 rings (SSSR count). The van der Waals surface area contributed by atoms with Crippen molar-refractivity contribution in [1.82, 2.24) is 4.98 Å². The van der Waals surface area contributed by atoms with Crippen LogP contribution in [0.25, 0.3) is 10.2 Å². The summed E-state index contributed by atoms with van der Waals surface area (Å²) >= 11 is 6.52. The van der Waals surface area contributed by atoms with E-state index in [1.807, 2.05) is 0 Å². The summed E-state index contributed by atoms with van der Waals surface area (Å²) in [6.07, 6.45) is -4.45. The number of hydrogen-bond acceptors (Lipinski definition) is 3. The van der Waals surface area contributed by atoms with E-state index in [1.165, 1.54) is 12.1 Å². The lowest BCUT2D eigenvalue weighted by molar-refractivity contribution is -0.137. The second-order valence-corrected chi connectivity index (χ2v) is 6.22. The molecule has 0 radical (unpaired) electrons. The van der Waals surface area contributed by atoms with Gasteiger partial charge < -0.3 is 0 Å². The third-order valence-electron chi connectivity index (χ3n) is 3.12. The number of hydrogen-bond donors (Lipinski definition) is 1. The molecule has 3 aromatic rings. The molecular weight excluding hydrogens is 368 g/mol. The molecule has 3 nitrogen and oxygen atoms in total. The highest BCUT2D eigenvalue weighted by Crippen LogP contribution is 2.34. The van der Waals surface area contributed by atoms with E-state index in [4.69, 9.17) is 11.6 Å². The van der Waals surface area contributed by atoms with Gasteiger partial charge in [0, 0.05) is 5.56 Å². The summed E-state index contributed by atoms with van der Waals surface area (Å²) in [5, 5.41) is 2.39. The van der Waals surface area contributed by atoms with Crippen LogP contribution >= 0.6 is 22.9 Å². The van der Waals surface area contributed by atoms with Crippen molar-refractivity contribution in [2.75, 3.05) is 5.32 Å². The van der Waals surface area contributed by atoms with E-state index in [2.05, 4.69) is 10.3 Å². The van der Waals surface area contributed by atoms with Crippen molar-refractivity contribution in [2.45, 2.75) is 6.18 Å². The van der Waals surface area contributed by atoms with Crippen molar-refractivity contribution in [3.8, 4) is 0 Å². The summed E-state index contributed by atoms with van der Waals surface area (Å²) in [6, 6.07) is 6.57. The Balaban J connectivity index is 1.87. The quantitative estimate of drug-likeness (QED) is 0.613. The van der Waals surface area contributed by atoms with Gasteiger partial charge in [0.25, 0.3) is 5.91 Å². The fraction of sp³-hybridized carbons (Fsp3) is 0.0667. The SMILES string of the molecule is O=C(Nc1nc2ccc(C(F)(F)F)cc2s1)c1ccc(F)c(Cl)c1. The molecule has 1 amide bonds. The molecule has 1 N–H and O–H groups in total. The van der Waals surface area contributed by atoms with Crippen LogP contribution in [0.1, 0.15) is 15.9 Å². The van der Waals surface area contributed by atoms with Gasteiger partial charge in [0.2, 0.25) is 0 Å². The molecule has 9 heteroatoms. The Bertz CT molecular complexity index is 939. The van der Waals surface area contributed by atoms with Gasteiger partial charge in [0.15, 0.2) is 5.13 Å². The lowest BCUT2D eigenvalue weighted by Crippen LogP contribution is -2.11. The number of rotatable bonds is 2. The minimum Gasteiger partial charge on any atom is -0.298 e. The average Bonchev–Trinajstić information content (AvgIpc) is 2.90. The van der Waals surface area contributed by atoms with E-state index in [1.54, 1.807) is 0 Å². The van der Waals surface area contributed by atoms with Gasteiger partial charge in [-0.2, -0.15) is 13.2 Å². The van der Waals surface area contributed by atoms with E-state index in [0.29, 0.717) is 5.52 Å². The van der Waals surface area contributed by atoms with E-state index in [0.717, 1.165) is 35.6 Å². The maximum atomic E-state index is 13.1. The lowest BCUT2D eigenvalue weighted by atomic mass is 10.2. The summed E-state index contributed by atoms with van der Waals surface area (Å²) in [5.41, 5.74) is -0.348. The van der Waals surface area contributed by atoms with Crippen molar-refractivity contribution in [1.29, 1.82) is 0 Å². The number of anilines is 1. The summed E-state index contributed by atoms with van der Waals surface area (Å²) in [7, 11) is 0. The van der Waals surface area contributed by atoms with E-state index < -0.39 is 23.5 Å². The average molecular weight is 375 g/mol. The molecule has 0 atom stereocenters. The molecule has 124 valence electrons. The minimum absolute atomic E-state index is 0.108. The van der Waals surface area contributed by atoms with Crippen LogP contribution in [-0.4, -0.2) is 10.9 Å². The van der Waals surface area contributed by atoms with Crippen LogP contribution in [0, 0.1) is 5.82 Å². The molecule has 0 unspecified atom stereocenters. The number of carbonyl (C=O) groups excluding carboxylic acids is 1. The monoisotopic (exact) mass is 374 g/mol. The Labute approximate surface area is 141 Å². The van der Waals surface area contributed by atoms with Gasteiger partial charge in [-0.3, -0.25) is 10.1 Å². The third-order valence-corrected chi connectivity index (χ3v) is 4.34. The number of aromatic nitrogens is 1. The predicted octanol–water partition coefficient (Wildman–Crippen LogP) is 5.36. The van der Waals surface area contributed by atoms with Gasteiger partial charge >= 0.3 is 6.18 Å². The summed E-state index contributed by atoms with van der Waals surface area (Å²) < 4.78 is 51.5. The van der Waals surface area contributed by atoms with E-state index in [-0.39, 0.29) is 20.4 Å². The molecule has 24 heavy (non-hydrogen) atoms. The number of fused-ring (bicyclic) bond motifs is 1. The van der Waals surface area contributed by atoms with E-state index >= 15 is 0 Å². The molecule has 0 spiro atoms. The molecule has 0 aliphatic heterocycles. The van der Waals surface area contributed by atoms with Crippen LogP contribution in [0.5, 0.6) is 0 Å². The molecule has 0 aliphatic carbocycles. The summed E-state index contributed by atoms with van der Waals surface area (Å²) in [4.78, 5) is 16.1. The Hall–Kier alpha value is -2.19. The number of halogens is 5. The Morgan fingerprint density at radius 1 is 1.17 bits per heavy atom. The second-order valence-electron chi connectivity index (χ2n) is 4.78. The number of nitrogens with zero attached hydrogens (tertiary/aromatic N) is 1. The number of benzene rings is 2. The predicted molar refractivity (Wildman–Crippen MR) is 84.0 cm³/mol. The van der Waals surface area contributed by atoms with Gasteiger partial charge in [0.05, 0.1) is 20.8 Å². The number of nitrogens with one attached hydrogen (secondary N) is 1. The molecule has 0 saturated heterocycles. The summed E-state index contributed by atoms with van der Waals surface area (Å²) in [5.74, 6) is -1.25. The first-order valence-corrected chi connectivity index (χ1v) is 7.68. The van der Waals surface area contributed by atoms with Crippen LogP contribution in [0.2, 0.25) is 5.02 Å². The highest BCUT2D eigenvalue weighted by atomic mass is 35.5. The Morgan fingerprint density at radius 3 is 2.58 bits per heavy atom. The largest absolute Gasteiger partial charge is 0.416 e. The lowest BCUT2D eigenvalue weighted by Gasteiger charge is -2.04. The number of carbonyl (C=O) groups is 1. The standard InChI is InChI=1S/C15H7ClF4N2OS/c16-9-5-7(1-3-10(9)17)13(23)22-14-21-11-4-2-8(15(18,19)20)6-12(11)24-14/h1-6H,(H,21,22,23). The molecule has 1 heterocycles. The topological polar surface area (TPSA) is 42.0 Å². The number of alkyl halides is 3. The smallest absolute Gasteiger partial charge is 0.298 e. The maximum Gasteiger partial charge on any atom is 0.416 e. The normalized spacial score (nSPS) is 11.7. The Morgan fingerprint density at radius 2 is 1.92 bits per heavy atom. The first-order valence-electron chi connectivity index (χ1n) is 6.48. The molecule has 1 aromatic heterocycles. The first-order chi connectivity index (χ1) is 11.2. The molecule has 2 aromatic carbocycles. The van der Waals surface area contributed by atoms with Crippen LogP contribution in [0.3, 0.4) is 0 Å². The molecule has 0 saturated carbocycles. The van der Waals surface area contributed by atoms with Crippen LogP contribution in [0.15, 0.2) is 36.4 Å². The van der Waals surface area contributed by atoms with E-state index in [9.17, 15) is 22.4 Å². The summed E-state index contributed by atoms with van der Waals surface area (Å²) in [6.45, 7) is 0. The number of amides is 1. The number of thiazole rings is 1. The molecule has 0 aliphatic rings. The zero-order valence-electron chi connectivity index (χ0n) is 11.6. The van der Waals surface area contributed by atoms with Crippen molar-refractivity contribution < 1.29 is 22.4 Å². The second kappa shape index (κ2) is 6.03. The van der Waals surface area contributed by atoms with Crippen molar-refractivity contribution in [3.63, 3.8) is 0 Å². The van der Waals surface area contributed by atoms with Crippen LogP contribution in [0.4, 0.5) is 22.7 Å². The third kappa shape index (κ3) is 3.34. The zero-order valence-corrected chi connectivity index (χ0v) is 13.2. The minimum atomic E-state index is -4.45. The van der Waals surface area contributed by atoms with Gasteiger partial charge in [-0.15, -0.1) is 0 Å². The van der Waals surface area contributed by atoms with Gasteiger partial charge in [-0.25, -0.2) is 9.37 Å². The maximum absolute atomic E-state index is 13.1. The van der Waals surface area contributed by atoms with Crippen molar-refractivity contribution >= 4 is 44.2 Å². The molecule has 0 fully saturated rings. The fourth-order valence-electron chi connectivity index (χ4n) is 1.96. The molecule has 0 bridgehead atoms. The highest BCUT2D eigenvalue weighted by molar-refractivity contribution is 7.22. The van der Waals surface area contributed by atoms with Crippen LogP contribution in [-0.2, 0) is 6.18 Å². The van der Waals surface area contributed by atoms with Crippen molar-refractivity contribution in [2.24, 2.45) is 0 Å². The highest BCUT2D eigenvalue weighted by Gasteiger charge is 2.30. The van der Waals surface area contributed by atoms with Crippen molar-refractivity contribution in [3.05, 3.63) is 58.4 Å². The van der Waals surface area contributed by atoms with Gasteiger partial charge in [-0.1, -0.05) is 22.9 Å². The van der Waals surface area contributed by atoms with Gasteiger partial charge in [-0.05, 0) is 36.4 Å². The van der Waals surface area contributed by atoms with Gasteiger partial charge in [0.1, 0.15) is 5.82 Å².